The molecule has 0 saturated heterocycles. The third kappa shape index (κ3) is 5.28. The molecule has 1 aromatic heterocycles. The van der Waals surface area contributed by atoms with Crippen LogP contribution < -0.4 is 10.6 Å². The van der Waals surface area contributed by atoms with Crippen molar-refractivity contribution in [3.05, 3.63) is 40.7 Å². The van der Waals surface area contributed by atoms with E-state index in [9.17, 15) is 14.4 Å². The van der Waals surface area contributed by atoms with Crippen LogP contribution in [0.15, 0.2) is 24.4 Å². The maximum absolute atomic E-state index is 12.3. The number of carboxylic acids is 1. The fourth-order valence-electron chi connectivity index (χ4n) is 1.97. The summed E-state index contributed by atoms with van der Waals surface area (Å²) in [6, 6.07) is 4.62. The molecule has 0 aliphatic heterocycles. The molecule has 2 amide bonds. The molecule has 0 fully saturated rings. The number of nitrogens with one attached hydrogen (secondary N) is 2. The van der Waals surface area contributed by atoms with Crippen molar-refractivity contribution in [3.63, 3.8) is 0 Å². The molecule has 2 aromatic rings. The van der Waals surface area contributed by atoms with Crippen LogP contribution in [0, 0.1) is 5.92 Å². The van der Waals surface area contributed by atoms with E-state index in [0.717, 1.165) is 4.68 Å². The van der Waals surface area contributed by atoms with Gasteiger partial charge in [0.15, 0.2) is 0 Å². The van der Waals surface area contributed by atoms with Crippen LogP contribution in [0.5, 0.6) is 0 Å². The number of carbonyl (C=O) groups is 3. The normalized spacial score (nSPS) is 10.6. The van der Waals surface area contributed by atoms with Crippen molar-refractivity contribution in [1.82, 2.24) is 20.3 Å². The lowest BCUT2D eigenvalue weighted by Crippen LogP contribution is -2.24. The van der Waals surface area contributed by atoms with Gasteiger partial charge in [0.25, 0.3) is 5.91 Å². The van der Waals surface area contributed by atoms with E-state index < -0.39 is 11.9 Å². The molecule has 0 radical (unpaired) electrons. The second-order valence-electron chi connectivity index (χ2n) is 5.82. The predicted octanol–water partition coefficient (Wildman–Crippen LogP) is 1.54. The number of aromatic nitrogens is 3. The van der Waals surface area contributed by atoms with Crippen molar-refractivity contribution < 1.29 is 19.5 Å². The summed E-state index contributed by atoms with van der Waals surface area (Å²) >= 11 is 6.06. The first-order chi connectivity index (χ1) is 12.3. The molecule has 0 bridgehead atoms. The van der Waals surface area contributed by atoms with Gasteiger partial charge in [-0.15, -0.1) is 5.10 Å². The number of hydrogen-bond donors (Lipinski definition) is 3. The molecule has 0 aliphatic rings. The third-order valence-corrected chi connectivity index (χ3v) is 3.65. The van der Waals surface area contributed by atoms with Gasteiger partial charge in [0.05, 0.1) is 23.3 Å². The Morgan fingerprint density at radius 3 is 2.69 bits per heavy atom. The summed E-state index contributed by atoms with van der Waals surface area (Å²) in [6.07, 6.45) is 1.43. The number of rotatable bonds is 7. The Morgan fingerprint density at radius 2 is 2.04 bits per heavy atom. The molecule has 0 spiro atoms. The van der Waals surface area contributed by atoms with Gasteiger partial charge in [0, 0.05) is 11.6 Å². The van der Waals surface area contributed by atoms with Crippen LogP contribution in [0.1, 0.15) is 29.9 Å². The first kappa shape index (κ1) is 19.4. The highest BCUT2D eigenvalue weighted by Gasteiger charge is 2.14. The topological polar surface area (TPSA) is 126 Å². The maximum atomic E-state index is 12.3. The fraction of sp³-hybridized carbons (Fsp3) is 0.312. The maximum Gasteiger partial charge on any atom is 0.325 e. The first-order valence-corrected chi connectivity index (χ1v) is 8.13. The van der Waals surface area contributed by atoms with Gasteiger partial charge in [-0.3, -0.25) is 14.4 Å². The number of carbonyl (C=O) groups excluding carboxylic acids is 2. The standard InChI is InChI=1S/C16H18ClN5O4/c1-9(2)15(25)19-10-3-4-13(17)12(5-10)16(26)18-6-11-7-22(21-20-11)8-14(23)24/h3-5,7,9H,6,8H2,1-2H3,(H,18,26)(H,19,25)(H,23,24). The molecular formula is C16H18ClN5O4. The second-order valence-corrected chi connectivity index (χ2v) is 6.23. The summed E-state index contributed by atoms with van der Waals surface area (Å²) in [5.74, 6) is -1.87. The van der Waals surface area contributed by atoms with Gasteiger partial charge < -0.3 is 15.7 Å². The van der Waals surface area contributed by atoms with Crippen LogP contribution in [0.4, 0.5) is 5.69 Å². The van der Waals surface area contributed by atoms with Gasteiger partial charge in [0.2, 0.25) is 5.91 Å². The minimum absolute atomic E-state index is 0.0529. The highest BCUT2D eigenvalue weighted by Crippen LogP contribution is 2.21. The lowest BCUT2D eigenvalue weighted by Gasteiger charge is -2.10. The summed E-state index contributed by atoms with van der Waals surface area (Å²) in [5.41, 5.74) is 1.07. The SMILES string of the molecule is CC(C)C(=O)Nc1ccc(Cl)c(C(=O)NCc2cn(CC(=O)O)nn2)c1. The highest BCUT2D eigenvalue weighted by molar-refractivity contribution is 6.34. The average molecular weight is 380 g/mol. The van der Waals surface area contributed by atoms with Crippen LogP contribution in [-0.2, 0) is 22.7 Å². The fourth-order valence-corrected chi connectivity index (χ4v) is 2.17. The average Bonchev–Trinajstić information content (AvgIpc) is 3.00. The summed E-state index contributed by atoms with van der Waals surface area (Å²) in [6.45, 7) is 3.26. The molecule has 1 heterocycles. The largest absolute Gasteiger partial charge is 0.480 e. The molecule has 26 heavy (non-hydrogen) atoms. The molecule has 138 valence electrons. The quantitative estimate of drug-likeness (QED) is 0.669. The van der Waals surface area contributed by atoms with Gasteiger partial charge in [-0.25, -0.2) is 4.68 Å². The van der Waals surface area contributed by atoms with E-state index in [1.807, 2.05) is 0 Å². The summed E-state index contributed by atoms with van der Waals surface area (Å²) in [5, 5.41) is 21.7. The Bertz CT molecular complexity index is 834. The van der Waals surface area contributed by atoms with Gasteiger partial charge in [-0.2, -0.15) is 0 Å². The second kappa shape index (κ2) is 8.43. The number of nitrogens with zero attached hydrogens (tertiary/aromatic N) is 3. The van der Waals surface area contributed by atoms with Crippen LogP contribution in [0.25, 0.3) is 0 Å². The van der Waals surface area contributed by atoms with Crippen molar-refractivity contribution in [2.75, 3.05) is 5.32 Å². The van der Waals surface area contributed by atoms with Crippen molar-refractivity contribution in [2.45, 2.75) is 26.9 Å². The molecule has 0 unspecified atom stereocenters. The Hall–Kier alpha value is -2.94. The van der Waals surface area contributed by atoms with Crippen molar-refractivity contribution >= 4 is 35.1 Å². The van der Waals surface area contributed by atoms with Crippen molar-refractivity contribution in [2.24, 2.45) is 5.92 Å². The highest BCUT2D eigenvalue weighted by atomic mass is 35.5. The van der Waals surface area contributed by atoms with Crippen LogP contribution >= 0.6 is 11.6 Å². The summed E-state index contributed by atoms with van der Waals surface area (Å²) in [7, 11) is 0. The molecule has 3 N–H and O–H groups in total. The number of aliphatic carboxylic acids is 1. The Kier molecular flexibility index (Phi) is 6.29. The van der Waals surface area contributed by atoms with E-state index in [1.54, 1.807) is 19.9 Å². The van der Waals surface area contributed by atoms with Gasteiger partial charge in [0.1, 0.15) is 12.2 Å². The van der Waals surface area contributed by atoms with Crippen molar-refractivity contribution in [3.8, 4) is 0 Å². The number of carboxylic acid groups (broad SMARTS) is 1. The molecule has 9 nitrogen and oxygen atoms in total. The summed E-state index contributed by atoms with van der Waals surface area (Å²) < 4.78 is 1.15. The Morgan fingerprint density at radius 1 is 1.31 bits per heavy atom. The molecule has 0 aliphatic carbocycles. The molecule has 0 atom stereocenters. The van der Waals surface area contributed by atoms with Gasteiger partial charge >= 0.3 is 5.97 Å². The number of benzene rings is 1. The van der Waals surface area contributed by atoms with E-state index in [4.69, 9.17) is 16.7 Å². The minimum Gasteiger partial charge on any atom is -0.480 e. The number of amides is 2. The Balaban J connectivity index is 2.03. The monoisotopic (exact) mass is 379 g/mol. The Labute approximate surface area is 154 Å². The molecular weight excluding hydrogens is 362 g/mol. The third-order valence-electron chi connectivity index (χ3n) is 3.32. The molecule has 10 heteroatoms. The minimum atomic E-state index is -1.04. The zero-order chi connectivity index (χ0) is 19.3. The van der Waals surface area contributed by atoms with E-state index in [0.29, 0.717) is 11.4 Å². The van der Waals surface area contributed by atoms with Crippen LogP contribution in [-0.4, -0.2) is 37.9 Å². The molecule has 0 saturated carbocycles. The predicted molar refractivity (Wildman–Crippen MR) is 93.7 cm³/mol. The van der Waals surface area contributed by atoms with E-state index >= 15 is 0 Å². The smallest absolute Gasteiger partial charge is 0.325 e. The lowest BCUT2D eigenvalue weighted by molar-refractivity contribution is -0.137. The zero-order valence-corrected chi connectivity index (χ0v) is 14.9. The number of hydrogen-bond acceptors (Lipinski definition) is 5. The van der Waals surface area contributed by atoms with Crippen LogP contribution in [0.3, 0.4) is 0 Å². The summed E-state index contributed by atoms with van der Waals surface area (Å²) in [4.78, 5) is 34.7. The van der Waals surface area contributed by atoms with E-state index in [2.05, 4.69) is 20.9 Å². The number of anilines is 1. The molecule has 1 aromatic carbocycles. The number of halogens is 1. The van der Waals surface area contributed by atoms with Gasteiger partial charge in [-0.05, 0) is 18.2 Å². The van der Waals surface area contributed by atoms with Crippen molar-refractivity contribution in [1.29, 1.82) is 0 Å². The molecule has 2 rings (SSSR count). The zero-order valence-electron chi connectivity index (χ0n) is 14.2. The van der Waals surface area contributed by atoms with E-state index in [1.165, 1.54) is 18.3 Å². The van der Waals surface area contributed by atoms with Gasteiger partial charge in [-0.1, -0.05) is 30.7 Å². The lowest BCUT2D eigenvalue weighted by atomic mass is 10.1. The van der Waals surface area contributed by atoms with Crippen LogP contribution in [0.2, 0.25) is 5.02 Å². The first-order valence-electron chi connectivity index (χ1n) is 7.75. The van der Waals surface area contributed by atoms with E-state index in [-0.39, 0.29) is 35.5 Å².